The zero-order chi connectivity index (χ0) is 16.1. The molecule has 4 heteroatoms. The minimum atomic E-state index is -0.977. The number of ether oxygens (including phenoxy) is 1. The standard InChI is InChI=1S/C18H19FO3/c1-12-6-7-13(2)17(10-12)22-9-8-16(18(20)21)14-4-3-5-15(19)11-14/h3-7,10-11,16H,8-9H2,1-2H3,(H,20,21). The topological polar surface area (TPSA) is 46.5 Å². The first-order valence-corrected chi connectivity index (χ1v) is 7.15. The largest absolute Gasteiger partial charge is 0.493 e. The van der Waals surface area contributed by atoms with Gasteiger partial charge in [-0.05, 0) is 55.2 Å². The lowest BCUT2D eigenvalue weighted by molar-refractivity contribution is -0.139. The molecule has 0 saturated heterocycles. The van der Waals surface area contributed by atoms with Gasteiger partial charge in [-0.15, -0.1) is 0 Å². The second kappa shape index (κ2) is 7.07. The van der Waals surface area contributed by atoms with Crippen LogP contribution in [0.2, 0.25) is 0 Å². The first kappa shape index (κ1) is 16.0. The van der Waals surface area contributed by atoms with Gasteiger partial charge in [0.2, 0.25) is 0 Å². The first-order chi connectivity index (χ1) is 10.5. The van der Waals surface area contributed by atoms with Gasteiger partial charge in [0.05, 0.1) is 12.5 Å². The summed E-state index contributed by atoms with van der Waals surface area (Å²) in [5.74, 6) is -1.43. The smallest absolute Gasteiger partial charge is 0.311 e. The maximum Gasteiger partial charge on any atom is 0.311 e. The van der Waals surface area contributed by atoms with Gasteiger partial charge in [-0.1, -0.05) is 24.3 Å². The second-order valence-electron chi connectivity index (χ2n) is 5.35. The number of hydrogen-bond acceptors (Lipinski definition) is 2. The van der Waals surface area contributed by atoms with Crippen molar-refractivity contribution in [1.82, 2.24) is 0 Å². The Bertz CT molecular complexity index is 667. The normalized spacial score (nSPS) is 12.0. The van der Waals surface area contributed by atoms with Gasteiger partial charge < -0.3 is 9.84 Å². The molecule has 1 N–H and O–H groups in total. The summed E-state index contributed by atoms with van der Waals surface area (Å²) >= 11 is 0. The third-order valence-corrected chi connectivity index (χ3v) is 3.56. The average molecular weight is 302 g/mol. The van der Waals surface area contributed by atoms with Gasteiger partial charge in [-0.2, -0.15) is 0 Å². The fraction of sp³-hybridized carbons (Fsp3) is 0.278. The van der Waals surface area contributed by atoms with Crippen molar-refractivity contribution >= 4 is 5.97 Å². The maximum atomic E-state index is 13.3. The lowest BCUT2D eigenvalue weighted by Crippen LogP contribution is -2.15. The molecule has 2 aromatic rings. The van der Waals surface area contributed by atoms with Crippen molar-refractivity contribution in [3.8, 4) is 5.75 Å². The van der Waals surface area contributed by atoms with Crippen molar-refractivity contribution in [3.63, 3.8) is 0 Å². The Hall–Kier alpha value is -2.36. The third kappa shape index (κ3) is 4.07. The molecule has 0 spiro atoms. The Morgan fingerprint density at radius 2 is 2.00 bits per heavy atom. The van der Waals surface area contributed by atoms with Crippen LogP contribution in [0.4, 0.5) is 4.39 Å². The van der Waals surface area contributed by atoms with Crippen molar-refractivity contribution < 1.29 is 19.0 Å². The molecule has 0 heterocycles. The number of rotatable bonds is 6. The number of carboxylic acids is 1. The van der Waals surface area contributed by atoms with E-state index in [1.54, 1.807) is 6.07 Å². The van der Waals surface area contributed by atoms with E-state index >= 15 is 0 Å². The summed E-state index contributed by atoms with van der Waals surface area (Å²) in [7, 11) is 0. The van der Waals surface area contributed by atoms with E-state index in [0.717, 1.165) is 16.9 Å². The fourth-order valence-electron chi connectivity index (χ4n) is 2.31. The van der Waals surface area contributed by atoms with E-state index in [9.17, 15) is 14.3 Å². The van der Waals surface area contributed by atoms with Crippen molar-refractivity contribution in [2.24, 2.45) is 0 Å². The highest BCUT2D eigenvalue weighted by Gasteiger charge is 2.20. The molecule has 2 aromatic carbocycles. The summed E-state index contributed by atoms with van der Waals surface area (Å²) in [6.45, 7) is 4.17. The number of hydrogen-bond donors (Lipinski definition) is 1. The molecule has 116 valence electrons. The summed E-state index contributed by atoms with van der Waals surface area (Å²) in [4.78, 5) is 11.4. The van der Waals surface area contributed by atoms with Gasteiger partial charge in [0.15, 0.2) is 0 Å². The predicted octanol–water partition coefficient (Wildman–Crippen LogP) is 4.08. The van der Waals surface area contributed by atoms with Crippen LogP contribution in [0.15, 0.2) is 42.5 Å². The third-order valence-electron chi connectivity index (χ3n) is 3.56. The highest BCUT2D eigenvalue weighted by Crippen LogP contribution is 2.23. The molecule has 2 rings (SSSR count). The predicted molar refractivity (Wildman–Crippen MR) is 82.8 cm³/mol. The van der Waals surface area contributed by atoms with Crippen molar-refractivity contribution in [2.45, 2.75) is 26.2 Å². The number of aryl methyl sites for hydroxylation is 2. The molecule has 0 fully saturated rings. The number of carboxylic acid groups (broad SMARTS) is 1. The molecule has 22 heavy (non-hydrogen) atoms. The van der Waals surface area contributed by atoms with Crippen LogP contribution in [0.3, 0.4) is 0 Å². The molecular formula is C18H19FO3. The summed E-state index contributed by atoms with van der Waals surface area (Å²) in [6.07, 6.45) is 0.284. The van der Waals surface area contributed by atoms with Crippen LogP contribution in [0.25, 0.3) is 0 Å². The molecule has 0 aliphatic carbocycles. The Morgan fingerprint density at radius 3 is 2.68 bits per heavy atom. The zero-order valence-electron chi connectivity index (χ0n) is 12.7. The highest BCUT2D eigenvalue weighted by atomic mass is 19.1. The fourth-order valence-corrected chi connectivity index (χ4v) is 2.31. The van der Waals surface area contributed by atoms with Crippen molar-refractivity contribution in [3.05, 3.63) is 65.0 Å². The Morgan fingerprint density at radius 1 is 1.23 bits per heavy atom. The molecule has 0 radical (unpaired) electrons. The van der Waals surface area contributed by atoms with Crippen LogP contribution in [0.1, 0.15) is 29.0 Å². The number of halogens is 1. The molecule has 0 saturated carbocycles. The van der Waals surface area contributed by atoms with Crippen LogP contribution in [0.5, 0.6) is 5.75 Å². The van der Waals surface area contributed by atoms with Crippen LogP contribution in [0, 0.1) is 19.7 Å². The summed E-state index contributed by atoms with van der Waals surface area (Å²) in [5.41, 5.74) is 2.54. The summed E-state index contributed by atoms with van der Waals surface area (Å²) in [6, 6.07) is 11.6. The molecule has 0 aromatic heterocycles. The van der Waals surface area contributed by atoms with Gasteiger partial charge >= 0.3 is 5.97 Å². The SMILES string of the molecule is Cc1ccc(C)c(OCCC(C(=O)O)c2cccc(F)c2)c1. The van der Waals surface area contributed by atoms with E-state index in [0.29, 0.717) is 5.56 Å². The lowest BCUT2D eigenvalue weighted by Gasteiger charge is -2.15. The van der Waals surface area contributed by atoms with Gasteiger partial charge in [-0.25, -0.2) is 4.39 Å². The van der Waals surface area contributed by atoms with E-state index in [1.807, 2.05) is 32.0 Å². The zero-order valence-corrected chi connectivity index (χ0v) is 12.7. The van der Waals surface area contributed by atoms with Crippen LogP contribution >= 0.6 is 0 Å². The lowest BCUT2D eigenvalue weighted by atomic mass is 9.96. The monoisotopic (exact) mass is 302 g/mol. The molecule has 0 bridgehead atoms. The highest BCUT2D eigenvalue weighted by molar-refractivity contribution is 5.76. The van der Waals surface area contributed by atoms with Gasteiger partial charge in [0.25, 0.3) is 0 Å². The van der Waals surface area contributed by atoms with E-state index in [4.69, 9.17) is 4.74 Å². The second-order valence-corrected chi connectivity index (χ2v) is 5.35. The maximum absolute atomic E-state index is 13.3. The van der Waals surface area contributed by atoms with E-state index in [2.05, 4.69) is 0 Å². The van der Waals surface area contributed by atoms with Crippen LogP contribution in [-0.4, -0.2) is 17.7 Å². The van der Waals surface area contributed by atoms with Gasteiger partial charge in [-0.3, -0.25) is 4.79 Å². The summed E-state index contributed by atoms with van der Waals surface area (Å²) < 4.78 is 18.9. The quantitative estimate of drug-likeness (QED) is 0.874. The van der Waals surface area contributed by atoms with E-state index < -0.39 is 17.7 Å². The number of aliphatic carboxylic acids is 1. The Kier molecular flexibility index (Phi) is 5.15. The molecule has 1 atom stereocenters. The summed E-state index contributed by atoms with van der Waals surface area (Å²) in [5, 5.41) is 9.34. The van der Waals surface area contributed by atoms with E-state index in [-0.39, 0.29) is 13.0 Å². The minimum Gasteiger partial charge on any atom is -0.493 e. The molecule has 0 aliphatic heterocycles. The number of carbonyl (C=O) groups is 1. The Balaban J connectivity index is 2.04. The van der Waals surface area contributed by atoms with Crippen LogP contribution in [-0.2, 0) is 4.79 Å². The average Bonchev–Trinajstić information content (AvgIpc) is 2.46. The van der Waals surface area contributed by atoms with Crippen LogP contribution < -0.4 is 4.74 Å². The van der Waals surface area contributed by atoms with Crippen molar-refractivity contribution in [1.29, 1.82) is 0 Å². The number of benzene rings is 2. The molecular weight excluding hydrogens is 283 g/mol. The first-order valence-electron chi connectivity index (χ1n) is 7.15. The molecule has 0 amide bonds. The van der Waals surface area contributed by atoms with Gasteiger partial charge in [0, 0.05) is 0 Å². The Labute approximate surface area is 129 Å². The van der Waals surface area contributed by atoms with Gasteiger partial charge in [0.1, 0.15) is 11.6 Å². The molecule has 1 unspecified atom stereocenters. The minimum absolute atomic E-state index is 0.262. The molecule has 3 nitrogen and oxygen atoms in total. The van der Waals surface area contributed by atoms with Crippen molar-refractivity contribution in [2.75, 3.05) is 6.61 Å². The van der Waals surface area contributed by atoms with E-state index in [1.165, 1.54) is 18.2 Å². The molecule has 0 aliphatic rings.